The average Bonchev–Trinajstić information content (AvgIpc) is 2.31. The second kappa shape index (κ2) is 4.89. The smallest absolute Gasteiger partial charge is 0.606 e. The van der Waals surface area contributed by atoms with Crippen LogP contribution >= 0.6 is 0 Å². The van der Waals surface area contributed by atoms with E-state index >= 15 is 0 Å². The molecule has 92 valence electrons. The Balaban J connectivity index is 0.00000128. The minimum atomic E-state index is -2.70. The Labute approximate surface area is 141 Å². The summed E-state index contributed by atoms with van der Waals surface area (Å²) in [6, 6.07) is 0. The van der Waals surface area contributed by atoms with Gasteiger partial charge in [0.2, 0.25) is 0 Å². The van der Waals surface area contributed by atoms with Crippen LogP contribution < -0.4 is 51.4 Å². The van der Waals surface area contributed by atoms with E-state index in [0.29, 0.717) is 0 Å². The molecule has 7 nitrogen and oxygen atoms in total. The zero-order valence-corrected chi connectivity index (χ0v) is 13.6. The Morgan fingerprint density at radius 1 is 0.882 bits per heavy atom. The second-order valence-corrected chi connectivity index (χ2v) is 4.64. The number of hydrogen-bond donors (Lipinski definition) is 0. The van der Waals surface area contributed by atoms with E-state index in [9.17, 15) is 9.59 Å². The Kier molecular flexibility index (Phi) is 5.04. The predicted octanol–water partition coefficient (Wildman–Crippen LogP) is -3.69. The van der Waals surface area contributed by atoms with Crippen molar-refractivity contribution in [3.63, 3.8) is 0 Å². The van der Waals surface area contributed by atoms with E-state index in [-0.39, 0.29) is 56.9 Å². The van der Waals surface area contributed by atoms with Gasteiger partial charge in [-0.25, -0.2) is 0 Å². The molecule has 0 unspecified atom stereocenters. The van der Waals surface area contributed by atoms with Crippen molar-refractivity contribution in [3.8, 4) is 0 Å². The largest absolute Gasteiger partial charge is 1.00 e. The summed E-state index contributed by atoms with van der Waals surface area (Å²) in [5, 5.41) is 0. The van der Waals surface area contributed by atoms with E-state index in [1.807, 2.05) is 0 Å². The van der Waals surface area contributed by atoms with Crippen LogP contribution in [0.15, 0.2) is 0 Å². The molecule has 17 heavy (non-hydrogen) atoms. The summed E-state index contributed by atoms with van der Waals surface area (Å²) in [7, 11) is 0. The number of carbonyl (C=O) groups excluding carboxylic acids is 2. The van der Waals surface area contributed by atoms with Crippen LogP contribution in [0.2, 0.25) is 0 Å². The molecule has 2 saturated heterocycles. The first-order chi connectivity index (χ1) is 6.67. The van der Waals surface area contributed by atoms with E-state index in [1.54, 1.807) is 0 Å². The Bertz CT molecular complexity index is 320. The van der Waals surface area contributed by atoms with Gasteiger partial charge >= 0.3 is 58.3 Å². The summed E-state index contributed by atoms with van der Waals surface area (Å²) in [4.78, 5) is 22.7. The molecule has 0 aliphatic carbocycles. The van der Waals surface area contributed by atoms with Crippen LogP contribution in [0.4, 0.5) is 0 Å². The van der Waals surface area contributed by atoms with E-state index in [1.165, 1.54) is 27.7 Å². The summed E-state index contributed by atoms with van der Waals surface area (Å²) in [5.41, 5.74) is -2.30. The van der Waals surface area contributed by atoms with E-state index < -0.39 is 30.1 Å². The van der Waals surface area contributed by atoms with Crippen LogP contribution in [0.3, 0.4) is 0 Å². The van der Waals surface area contributed by atoms with Crippen molar-refractivity contribution in [1.82, 2.24) is 0 Å². The van der Waals surface area contributed by atoms with Crippen molar-refractivity contribution in [3.05, 3.63) is 0 Å². The molecule has 0 aromatic carbocycles. The summed E-state index contributed by atoms with van der Waals surface area (Å²) < 4.78 is 20.2. The molecule has 0 amide bonds. The van der Waals surface area contributed by atoms with Gasteiger partial charge in [0.25, 0.3) is 11.9 Å². The van der Waals surface area contributed by atoms with Crippen LogP contribution in [-0.4, -0.2) is 35.6 Å². The van der Waals surface area contributed by atoms with Crippen LogP contribution in [0, 0.1) is 0 Å². The molecule has 9 heteroatoms. The van der Waals surface area contributed by atoms with Crippen molar-refractivity contribution in [2.75, 3.05) is 0 Å². The second-order valence-electron chi connectivity index (χ2n) is 4.64. The van der Waals surface area contributed by atoms with Gasteiger partial charge in [-0.2, -0.15) is 0 Å². The van der Waals surface area contributed by atoms with Gasteiger partial charge in [0, 0.05) is 0 Å². The third-order valence-corrected chi connectivity index (χ3v) is 2.36. The zero-order chi connectivity index (χ0) is 11.5. The maximum Gasteiger partial charge on any atom is 1.00 e. The van der Waals surface area contributed by atoms with Gasteiger partial charge in [0.1, 0.15) is 11.2 Å². The van der Waals surface area contributed by atoms with Crippen LogP contribution in [0.1, 0.15) is 27.7 Å². The molecule has 2 fully saturated rings. The number of rotatable bonds is 0. The summed E-state index contributed by atoms with van der Waals surface area (Å²) in [5.74, 6) is -1.21. The Hall–Kier alpha value is 0.521. The molecule has 2 heterocycles. The van der Waals surface area contributed by atoms with Crippen molar-refractivity contribution >= 4 is 18.9 Å². The molecule has 0 aromatic heterocycles. The van der Waals surface area contributed by atoms with Gasteiger partial charge in [0.05, 0.1) is 0 Å². The molecule has 2 rings (SSSR count). The molecule has 0 aromatic rings. The fraction of sp³-hybridized carbons (Fsp3) is 0.750. The molecule has 0 bridgehead atoms. The number of hydrogen-bond acceptors (Lipinski definition) is 6. The fourth-order valence-corrected chi connectivity index (χ4v) is 1.51. The first-order valence-corrected chi connectivity index (χ1v) is 4.67. The Morgan fingerprint density at radius 2 is 1.18 bits per heavy atom. The minimum Gasteiger partial charge on any atom is -0.606 e. The van der Waals surface area contributed by atoms with Crippen molar-refractivity contribution in [1.29, 1.82) is 0 Å². The van der Waals surface area contributed by atoms with Crippen molar-refractivity contribution in [2.45, 2.75) is 38.9 Å². The average molecular weight is 272 g/mol. The van der Waals surface area contributed by atoms with Gasteiger partial charge < -0.3 is 24.1 Å². The topological polar surface area (TPSA) is 103 Å². The summed E-state index contributed by atoms with van der Waals surface area (Å²) in [6.07, 6.45) is 0. The van der Waals surface area contributed by atoms with Crippen molar-refractivity contribution < 1.29 is 85.1 Å². The molecule has 2 aliphatic rings. The van der Waals surface area contributed by atoms with Gasteiger partial charge in [-0.15, -0.1) is 0 Å². The zero-order valence-electron chi connectivity index (χ0n) is 10.5. The van der Waals surface area contributed by atoms with Crippen LogP contribution in [0.25, 0.3) is 0 Å². The van der Waals surface area contributed by atoms with Gasteiger partial charge in [-0.3, -0.25) is 9.59 Å². The molecule has 0 saturated carbocycles. The first kappa shape index (κ1) is 17.5. The molecule has 2 aliphatic heterocycles. The van der Waals surface area contributed by atoms with Crippen LogP contribution in [0.5, 0.6) is 0 Å². The van der Waals surface area contributed by atoms with E-state index in [2.05, 4.69) is 0 Å². The van der Waals surface area contributed by atoms with Gasteiger partial charge in [0.15, 0.2) is 0 Å². The normalized spacial score (nSPS) is 26.8. The fourth-order valence-electron chi connectivity index (χ4n) is 1.51. The standard InChI is InChI=1S/C8H12BO6.K.H2O/c1-7(2)5(10)12-9(14-7)13-6(11)8(3,4)15-9;;/h1-4H3;;1H2/q-1;+1;. The monoisotopic (exact) mass is 272 g/mol. The predicted molar refractivity (Wildman–Crippen MR) is 51.9 cm³/mol. The van der Waals surface area contributed by atoms with Gasteiger partial charge in [-0.1, -0.05) is 0 Å². The molecule has 0 atom stereocenters. The van der Waals surface area contributed by atoms with E-state index in [0.717, 1.165) is 0 Å². The maximum absolute atomic E-state index is 11.4. The summed E-state index contributed by atoms with van der Waals surface area (Å²) >= 11 is 0. The molecule has 2 N–H and O–H groups in total. The minimum absolute atomic E-state index is 0. The first-order valence-electron chi connectivity index (χ1n) is 4.67. The van der Waals surface area contributed by atoms with Crippen LogP contribution in [-0.2, 0) is 28.2 Å². The molecular formula is C8H14BKO7. The van der Waals surface area contributed by atoms with E-state index in [4.69, 9.17) is 18.6 Å². The van der Waals surface area contributed by atoms with Gasteiger partial charge in [-0.05, 0) is 27.7 Å². The maximum atomic E-state index is 11.4. The quantitative estimate of drug-likeness (QED) is 0.421. The number of carbonyl (C=O) groups is 2. The molecule has 0 radical (unpaired) electrons. The Morgan fingerprint density at radius 3 is 1.35 bits per heavy atom. The molecule has 1 spiro atoms. The third-order valence-electron chi connectivity index (χ3n) is 2.36. The SMILES string of the molecule is CC1(C)O[B-]2(OC1=O)OC(=O)C(C)(C)O2.O.[K+]. The van der Waals surface area contributed by atoms with Crippen molar-refractivity contribution in [2.24, 2.45) is 0 Å². The molecular weight excluding hydrogens is 258 g/mol. The summed E-state index contributed by atoms with van der Waals surface area (Å²) in [6.45, 7) is 3.38. The third kappa shape index (κ3) is 2.92.